The van der Waals surface area contributed by atoms with Crippen LogP contribution in [0.5, 0.6) is 0 Å². The number of amidine groups is 1. The number of aryl methyl sites for hydroxylation is 2. The van der Waals surface area contributed by atoms with Crippen molar-refractivity contribution in [1.29, 1.82) is 5.41 Å². The Balaban J connectivity index is 1.96. The molecule has 0 fully saturated rings. The SMILES string of the molecule is CCc1ccc(-c2c[nH]c(/C(NCCCC(CC)CC)=C(C=N)/C(N)=N/c3ccccc3C)c2)cn1. The maximum Gasteiger partial charge on any atom is 0.135 e. The summed E-state index contributed by atoms with van der Waals surface area (Å²) in [6.45, 7) is 9.41. The Kier molecular flexibility index (Phi) is 10.0. The molecular formula is C30H40N6. The number of nitrogens with one attached hydrogen (secondary N) is 3. The monoisotopic (exact) mass is 484 g/mol. The Hall–Kier alpha value is -3.67. The molecule has 0 amide bonds. The van der Waals surface area contributed by atoms with Gasteiger partial charge in [0.2, 0.25) is 0 Å². The minimum Gasteiger partial charge on any atom is -0.383 e. The molecule has 0 saturated carbocycles. The molecule has 36 heavy (non-hydrogen) atoms. The minimum absolute atomic E-state index is 0.312. The maximum atomic E-state index is 8.21. The summed E-state index contributed by atoms with van der Waals surface area (Å²) in [6.07, 6.45) is 10.7. The average Bonchev–Trinajstić information content (AvgIpc) is 3.39. The number of nitrogens with two attached hydrogens (primary N) is 1. The first-order valence-electron chi connectivity index (χ1n) is 13.0. The number of hydrogen-bond acceptors (Lipinski definition) is 4. The molecule has 0 radical (unpaired) electrons. The summed E-state index contributed by atoms with van der Waals surface area (Å²) in [6, 6.07) is 14.1. The second kappa shape index (κ2) is 13.4. The van der Waals surface area contributed by atoms with Crippen LogP contribution in [-0.2, 0) is 6.42 Å². The number of nitrogens with zero attached hydrogens (tertiary/aromatic N) is 2. The van der Waals surface area contributed by atoms with Crippen LogP contribution in [0.15, 0.2) is 65.4 Å². The number of aromatic nitrogens is 2. The molecular weight excluding hydrogens is 444 g/mol. The van der Waals surface area contributed by atoms with E-state index in [0.717, 1.165) is 64.8 Å². The highest BCUT2D eigenvalue weighted by Gasteiger charge is 2.15. The fraction of sp³-hybridized carbons (Fsp3) is 0.367. The molecule has 0 bridgehead atoms. The Morgan fingerprint density at radius 2 is 1.92 bits per heavy atom. The first-order chi connectivity index (χ1) is 17.5. The van der Waals surface area contributed by atoms with Gasteiger partial charge in [0.15, 0.2) is 0 Å². The van der Waals surface area contributed by atoms with Gasteiger partial charge in [-0.25, -0.2) is 4.99 Å². The predicted molar refractivity (Wildman–Crippen MR) is 153 cm³/mol. The number of aromatic amines is 1. The van der Waals surface area contributed by atoms with Gasteiger partial charge in [-0.05, 0) is 55.9 Å². The fourth-order valence-electron chi connectivity index (χ4n) is 4.30. The molecule has 0 aliphatic heterocycles. The van der Waals surface area contributed by atoms with Crippen LogP contribution in [0.2, 0.25) is 0 Å². The lowest BCUT2D eigenvalue weighted by atomic mass is 9.97. The van der Waals surface area contributed by atoms with E-state index in [9.17, 15) is 0 Å². The van der Waals surface area contributed by atoms with Crippen molar-refractivity contribution < 1.29 is 0 Å². The topological polar surface area (TPSA) is 103 Å². The molecule has 0 aliphatic carbocycles. The van der Waals surface area contributed by atoms with Gasteiger partial charge in [0.25, 0.3) is 0 Å². The second-order valence-electron chi connectivity index (χ2n) is 9.16. The van der Waals surface area contributed by atoms with Crippen LogP contribution >= 0.6 is 0 Å². The lowest BCUT2D eigenvalue weighted by Gasteiger charge is -2.16. The van der Waals surface area contributed by atoms with Crippen LogP contribution in [0.1, 0.15) is 63.4 Å². The highest BCUT2D eigenvalue weighted by Crippen LogP contribution is 2.25. The zero-order valence-electron chi connectivity index (χ0n) is 22.1. The normalized spacial score (nSPS) is 12.5. The summed E-state index contributed by atoms with van der Waals surface area (Å²) in [5.41, 5.74) is 13.7. The fourth-order valence-corrected chi connectivity index (χ4v) is 4.30. The van der Waals surface area contributed by atoms with E-state index in [1.54, 1.807) is 0 Å². The quantitative estimate of drug-likeness (QED) is 0.122. The summed E-state index contributed by atoms with van der Waals surface area (Å²) in [5, 5.41) is 11.8. The van der Waals surface area contributed by atoms with Crippen molar-refractivity contribution in [2.24, 2.45) is 16.6 Å². The lowest BCUT2D eigenvalue weighted by molar-refractivity contribution is 0.440. The van der Waals surface area contributed by atoms with Gasteiger partial charge < -0.3 is 21.4 Å². The van der Waals surface area contributed by atoms with Crippen LogP contribution in [0.3, 0.4) is 0 Å². The standard InChI is InChI=1S/C30H40N6/c1-5-22(6-2)12-10-16-33-29(26(18-31)30(32)36-27-13-9-8-11-21(27)4)28-17-24(20-35-28)23-14-15-25(7-3)34-19-23/h8-9,11,13-15,17-20,22,31,33,35H,5-7,10,12,16H2,1-4H3,(H2,32,36)/b29-26-,31-18?. The Bertz CT molecular complexity index is 1180. The van der Waals surface area contributed by atoms with Crippen LogP contribution in [0.25, 0.3) is 16.8 Å². The Morgan fingerprint density at radius 1 is 1.14 bits per heavy atom. The van der Waals surface area contributed by atoms with E-state index in [4.69, 9.17) is 11.1 Å². The van der Waals surface area contributed by atoms with Crippen molar-refractivity contribution in [2.45, 2.75) is 59.8 Å². The van der Waals surface area contributed by atoms with Crippen LogP contribution in [0.4, 0.5) is 5.69 Å². The Morgan fingerprint density at radius 3 is 2.56 bits per heavy atom. The highest BCUT2D eigenvalue weighted by atomic mass is 14.9. The summed E-state index contributed by atoms with van der Waals surface area (Å²) < 4.78 is 0. The average molecular weight is 485 g/mol. The summed E-state index contributed by atoms with van der Waals surface area (Å²) in [4.78, 5) is 12.6. The predicted octanol–water partition coefficient (Wildman–Crippen LogP) is 6.80. The molecule has 0 spiro atoms. The molecule has 0 unspecified atom stereocenters. The van der Waals surface area contributed by atoms with Crippen molar-refractivity contribution in [1.82, 2.24) is 15.3 Å². The third-order valence-electron chi connectivity index (χ3n) is 6.76. The van der Waals surface area contributed by atoms with Crippen molar-refractivity contribution in [2.75, 3.05) is 6.54 Å². The zero-order chi connectivity index (χ0) is 25.9. The second-order valence-corrected chi connectivity index (χ2v) is 9.16. The van der Waals surface area contributed by atoms with E-state index < -0.39 is 0 Å². The summed E-state index contributed by atoms with van der Waals surface area (Å²) >= 11 is 0. The molecule has 0 saturated heterocycles. The van der Waals surface area contributed by atoms with Gasteiger partial charge >= 0.3 is 0 Å². The third kappa shape index (κ3) is 6.94. The van der Waals surface area contributed by atoms with Gasteiger partial charge in [0.1, 0.15) is 5.84 Å². The molecule has 3 rings (SSSR count). The number of para-hydroxylation sites is 1. The van der Waals surface area contributed by atoms with Gasteiger partial charge in [-0.1, -0.05) is 57.9 Å². The molecule has 1 aromatic carbocycles. The van der Waals surface area contributed by atoms with E-state index in [1.165, 1.54) is 25.5 Å². The van der Waals surface area contributed by atoms with Crippen molar-refractivity contribution in [3.63, 3.8) is 0 Å². The van der Waals surface area contributed by atoms with Crippen LogP contribution in [-0.4, -0.2) is 28.6 Å². The molecule has 2 heterocycles. The summed E-state index contributed by atoms with van der Waals surface area (Å²) in [7, 11) is 0. The lowest BCUT2D eigenvalue weighted by Crippen LogP contribution is -2.24. The molecule has 6 heteroatoms. The number of hydrogen-bond donors (Lipinski definition) is 4. The van der Waals surface area contributed by atoms with Gasteiger partial charge in [-0.3, -0.25) is 4.98 Å². The van der Waals surface area contributed by atoms with E-state index in [-0.39, 0.29) is 0 Å². The highest BCUT2D eigenvalue weighted by molar-refractivity contribution is 6.19. The molecule has 6 nitrogen and oxygen atoms in total. The minimum atomic E-state index is 0.312. The van der Waals surface area contributed by atoms with Gasteiger partial charge in [0, 0.05) is 42.0 Å². The number of pyridine rings is 1. The molecule has 0 atom stereocenters. The smallest absolute Gasteiger partial charge is 0.135 e. The number of H-pyrrole nitrogens is 1. The van der Waals surface area contributed by atoms with Crippen molar-refractivity contribution in [3.8, 4) is 11.1 Å². The maximum absolute atomic E-state index is 8.21. The summed E-state index contributed by atoms with van der Waals surface area (Å²) in [5.74, 6) is 1.05. The number of aliphatic imine (C=N–C) groups is 1. The van der Waals surface area contributed by atoms with Crippen LogP contribution < -0.4 is 11.1 Å². The molecule has 2 aromatic heterocycles. The molecule has 0 aliphatic rings. The molecule has 3 aromatic rings. The first-order valence-corrected chi connectivity index (χ1v) is 13.0. The third-order valence-corrected chi connectivity index (χ3v) is 6.76. The number of rotatable bonds is 13. The van der Waals surface area contributed by atoms with E-state index >= 15 is 0 Å². The van der Waals surface area contributed by atoms with Gasteiger partial charge in [-0.2, -0.15) is 0 Å². The molecule has 5 N–H and O–H groups in total. The largest absolute Gasteiger partial charge is 0.383 e. The van der Waals surface area contributed by atoms with Gasteiger partial charge in [-0.15, -0.1) is 0 Å². The van der Waals surface area contributed by atoms with E-state index in [1.807, 2.05) is 43.6 Å². The van der Waals surface area contributed by atoms with E-state index in [0.29, 0.717) is 11.4 Å². The zero-order valence-corrected chi connectivity index (χ0v) is 22.1. The Labute approximate surface area is 215 Å². The molecule has 190 valence electrons. The van der Waals surface area contributed by atoms with Crippen molar-refractivity contribution in [3.05, 3.63) is 77.4 Å². The van der Waals surface area contributed by atoms with Crippen LogP contribution in [0, 0.1) is 18.3 Å². The van der Waals surface area contributed by atoms with Gasteiger partial charge in [0.05, 0.1) is 22.7 Å². The van der Waals surface area contributed by atoms with Crippen molar-refractivity contribution >= 4 is 23.4 Å². The van der Waals surface area contributed by atoms with E-state index in [2.05, 4.69) is 59.2 Å². The first kappa shape index (κ1) is 26.9. The number of benzene rings is 1.